The standard InChI is InChI=1S/C19H38O5S/c1-6-7-8-9-10-11-19(23-12-13-24-19)17(21)15(2)16(20)14-25(22)18(3,4)5/h15-17,20-21H,6-14H2,1-5H3/t15-,16+,17+,25+/m0/s1. The summed E-state index contributed by atoms with van der Waals surface area (Å²) < 4.78 is 23.5. The number of ether oxygens (including phenoxy) is 2. The molecule has 1 aliphatic heterocycles. The molecule has 5 nitrogen and oxygen atoms in total. The van der Waals surface area contributed by atoms with Gasteiger partial charge in [-0.15, -0.1) is 0 Å². The minimum Gasteiger partial charge on any atom is -0.392 e. The van der Waals surface area contributed by atoms with Gasteiger partial charge in [-0.05, 0) is 27.2 Å². The Morgan fingerprint density at radius 1 is 1.08 bits per heavy atom. The molecule has 1 rings (SSSR count). The highest BCUT2D eigenvalue weighted by Crippen LogP contribution is 2.34. The van der Waals surface area contributed by atoms with Crippen molar-refractivity contribution in [3.05, 3.63) is 0 Å². The van der Waals surface area contributed by atoms with Crippen LogP contribution in [-0.2, 0) is 20.3 Å². The van der Waals surface area contributed by atoms with E-state index in [1.807, 2.05) is 20.8 Å². The van der Waals surface area contributed by atoms with Gasteiger partial charge in [0, 0.05) is 27.9 Å². The van der Waals surface area contributed by atoms with Crippen LogP contribution in [0, 0.1) is 5.92 Å². The Kier molecular flexibility index (Phi) is 9.54. The molecule has 0 bridgehead atoms. The Morgan fingerprint density at radius 2 is 1.64 bits per heavy atom. The summed E-state index contributed by atoms with van der Waals surface area (Å²) >= 11 is 0. The lowest BCUT2D eigenvalue weighted by Gasteiger charge is -2.37. The van der Waals surface area contributed by atoms with Crippen LogP contribution in [0.25, 0.3) is 0 Å². The van der Waals surface area contributed by atoms with Crippen LogP contribution in [0.1, 0.15) is 73.1 Å². The molecule has 1 heterocycles. The first-order chi connectivity index (χ1) is 11.6. The van der Waals surface area contributed by atoms with Gasteiger partial charge in [0.05, 0.1) is 25.1 Å². The molecule has 0 aromatic carbocycles. The van der Waals surface area contributed by atoms with E-state index < -0.39 is 34.7 Å². The van der Waals surface area contributed by atoms with Gasteiger partial charge >= 0.3 is 0 Å². The van der Waals surface area contributed by atoms with Gasteiger partial charge in [0.15, 0.2) is 5.79 Å². The summed E-state index contributed by atoms with van der Waals surface area (Å²) in [6.07, 6.45) is 4.41. The fourth-order valence-corrected chi connectivity index (χ4v) is 4.19. The van der Waals surface area contributed by atoms with Gasteiger partial charge in [-0.3, -0.25) is 4.21 Å². The fraction of sp³-hybridized carbons (Fsp3) is 1.00. The van der Waals surface area contributed by atoms with Gasteiger partial charge < -0.3 is 19.7 Å². The van der Waals surface area contributed by atoms with Gasteiger partial charge in [0.25, 0.3) is 0 Å². The van der Waals surface area contributed by atoms with Crippen molar-refractivity contribution < 1.29 is 23.9 Å². The summed E-state index contributed by atoms with van der Waals surface area (Å²) in [6.45, 7) is 10.5. The lowest BCUT2D eigenvalue weighted by Crippen LogP contribution is -2.51. The second kappa shape index (κ2) is 10.4. The maximum Gasteiger partial charge on any atom is 0.194 e. The van der Waals surface area contributed by atoms with Crippen LogP contribution in [0.4, 0.5) is 0 Å². The molecule has 6 heteroatoms. The van der Waals surface area contributed by atoms with Crippen LogP contribution in [0.3, 0.4) is 0 Å². The quantitative estimate of drug-likeness (QED) is 0.541. The molecule has 1 saturated heterocycles. The van der Waals surface area contributed by atoms with Crippen molar-refractivity contribution in [2.75, 3.05) is 19.0 Å². The maximum absolute atomic E-state index is 12.3. The Bertz CT molecular complexity index is 401. The maximum atomic E-state index is 12.3. The van der Waals surface area contributed by atoms with Crippen molar-refractivity contribution in [2.45, 2.75) is 95.9 Å². The van der Waals surface area contributed by atoms with Gasteiger partial charge in [-0.25, -0.2) is 0 Å². The topological polar surface area (TPSA) is 76.0 Å². The molecule has 150 valence electrons. The van der Waals surface area contributed by atoms with Crippen molar-refractivity contribution in [1.29, 1.82) is 0 Å². The molecular weight excluding hydrogens is 340 g/mol. The third-order valence-corrected chi connectivity index (χ3v) is 6.98. The van der Waals surface area contributed by atoms with Crippen LogP contribution in [0.2, 0.25) is 0 Å². The largest absolute Gasteiger partial charge is 0.392 e. The lowest BCUT2D eigenvalue weighted by molar-refractivity contribution is -0.242. The highest BCUT2D eigenvalue weighted by molar-refractivity contribution is 7.86. The van der Waals surface area contributed by atoms with Crippen LogP contribution >= 0.6 is 0 Å². The number of aliphatic hydroxyl groups excluding tert-OH is 2. The van der Waals surface area contributed by atoms with E-state index in [4.69, 9.17) is 9.47 Å². The average Bonchev–Trinajstić information content (AvgIpc) is 3.02. The normalized spacial score (nSPS) is 22.5. The van der Waals surface area contributed by atoms with Gasteiger partial charge in [-0.2, -0.15) is 0 Å². The minimum absolute atomic E-state index is 0.147. The first kappa shape index (κ1) is 23.0. The first-order valence-corrected chi connectivity index (χ1v) is 11.0. The van der Waals surface area contributed by atoms with E-state index in [0.717, 1.165) is 12.8 Å². The molecule has 2 N–H and O–H groups in total. The van der Waals surface area contributed by atoms with E-state index in [9.17, 15) is 14.4 Å². The summed E-state index contributed by atoms with van der Waals surface area (Å²) in [4.78, 5) is 0. The molecule has 0 aliphatic carbocycles. The third-order valence-electron chi connectivity index (χ3n) is 4.97. The fourth-order valence-electron chi connectivity index (χ4n) is 3.08. The van der Waals surface area contributed by atoms with Crippen molar-refractivity contribution in [3.63, 3.8) is 0 Å². The van der Waals surface area contributed by atoms with Gasteiger partial charge in [0.2, 0.25) is 0 Å². The summed E-state index contributed by atoms with van der Waals surface area (Å²) in [6, 6.07) is 0. The molecule has 1 aliphatic rings. The zero-order valence-electron chi connectivity index (χ0n) is 16.6. The summed E-state index contributed by atoms with van der Waals surface area (Å²) in [5, 5.41) is 21.3. The molecule has 1 fully saturated rings. The van der Waals surface area contributed by atoms with Crippen molar-refractivity contribution >= 4 is 10.8 Å². The van der Waals surface area contributed by atoms with E-state index >= 15 is 0 Å². The van der Waals surface area contributed by atoms with E-state index in [-0.39, 0.29) is 10.5 Å². The van der Waals surface area contributed by atoms with E-state index in [0.29, 0.717) is 19.6 Å². The highest BCUT2D eigenvalue weighted by Gasteiger charge is 2.47. The van der Waals surface area contributed by atoms with Crippen molar-refractivity contribution in [3.8, 4) is 0 Å². The van der Waals surface area contributed by atoms with Crippen LogP contribution in [0.15, 0.2) is 0 Å². The number of hydrogen-bond donors (Lipinski definition) is 2. The van der Waals surface area contributed by atoms with Crippen molar-refractivity contribution in [1.82, 2.24) is 0 Å². The Labute approximate surface area is 155 Å². The second-order valence-corrected chi connectivity index (χ2v) is 10.4. The van der Waals surface area contributed by atoms with E-state index in [2.05, 4.69) is 6.92 Å². The third kappa shape index (κ3) is 6.90. The van der Waals surface area contributed by atoms with Crippen LogP contribution in [-0.4, -0.2) is 56.1 Å². The van der Waals surface area contributed by atoms with Gasteiger partial charge in [0.1, 0.15) is 6.10 Å². The molecular formula is C19H38O5S. The molecule has 0 aromatic heterocycles. The number of unbranched alkanes of at least 4 members (excludes halogenated alkanes) is 4. The number of aliphatic hydroxyl groups is 2. The number of hydrogen-bond acceptors (Lipinski definition) is 5. The summed E-state index contributed by atoms with van der Waals surface area (Å²) in [7, 11) is -1.17. The van der Waals surface area contributed by atoms with E-state index in [1.54, 1.807) is 6.92 Å². The molecule has 0 aromatic rings. The Balaban J connectivity index is 2.64. The van der Waals surface area contributed by atoms with Gasteiger partial charge in [-0.1, -0.05) is 39.5 Å². The summed E-state index contributed by atoms with van der Waals surface area (Å²) in [5.74, 6) is -1.36. The molecule has 0 radical (unpaired) electrons. The smallest absolute Gasteiger partial charge is 0.194 e. The molecule has 0 spiro atoms. The lowest BCUT2D eigenvalue weighted by atomic mass is 9.89. The minimum atomic E-state index is -1.17. The molecule has 0 unspecified atom stereocenters. The van der Waals surface area contributed by atoms with Crippen LogP contribution in [0.5, 0.6) is 0 Å². The predicted molar refractivity (Wildman–Crippen MR) is 102 cm³/mol. The monoisotopic (exact) mass is 378 g/mol. The zero-order valence-corrected chi connectivity index (χ0v) is 17.4. The van der Waals surface area contributed by atoms with Crippen LogP contribution < -0.4 is 0 Å². The predicted octanol–water partition coefficient (Wildman–Crippen LogP) is 3.00. The van der Waals surface area contributed by atoms with E-state index in [1.165, 1.54) is 19.3 Å². The molecule has 4 atom stereocenters. The SMILES string of the molecule is CCCCCCCC1([C@H](O)[C@@H](C)[C@H](O)C[S@@](=O)C(C)(C)C)OCCO1. The number of rotatable bonds is 11. The molecule has 25 heavy (non-hydrogen) atoms. The summed E-state index contributed by atoms with van der Waals surface area (Å²) in [5.41, 5.74) is 0. The Morgan fingerprint density at radius 3 is 2.16 bits per heavy atom. The highest BCUT2D eigenvalue weighted by atomic mass is 32.2. The first-order valence-electron chi connectivity index (χ1n) is 9.66. The molecule has 0 saturated carbocycles. The Hall–Kier alpha value is -0.0100. The zero-order chi connectivity index (χ0) is 19.1. The average molecular weight is 379 g/mol. The molecule has 0 amide bonds. The van der Waals surface area contributed by atoms with Crippen molar-refractivity contribution in [2.24, 2.45) is 5.92 Å². The second-order valence-electron chi connectivity index (χ2n) is 8.17.